The lowest BCUT2D eigenvalue weighted by molar-refractivity contribution is -0.146. The number of hydrogen-bond donors (Lipinski definition) is 1. The van der Waals surface area contributed by atoms with Gasteiger partial charge in [-0.2, -0.15) is 0 Å². The second-order valence-corrected chi connectivity index (χ2v) is 5.75. The summed E-state index contributed by atoms with van der Waals surface area (Å²) in [6.07, 6.45) is -0.0178. The summed E-state index contributed by atoms with van der Waals surface area (Å²) in [7, 11) is 0. The van der Waals surface area contributed by atoms with Crippen molar-refractivity contribution in [3.8, 4) is 11.5 Å². The summed E-state index contributed by atoms with van der Waals surface area (Å²) in [4.78, 5) is 22.9. The van der Waals surface area contributed by atoms with Crippen molar-refractivity contribution in [3.63, 3.8) is 0 Å². The van der Waals surface area contributed by atoms with Gasteiger partial charge in [-0.3, -0.25) is 9.59 Å². The molecule has 5 nitrogen and oxygen atoms in total. The lowest BCUT2D eigenvalue weighted by Gasteiger charge is -2.07. The Morgan fingerprint density at radius 2 is 1.82 bits per heavy atom. The number of carbonyl (C=O) groups excluding carboxylic acids is 2. The molecule has 1 N–H and O–H groups in total. The number of rotatable bonds is 5. The Morgan fingerprint density at radius 3 is 2.55 bits per heavy atom. The Kier molecular flexibility index (Phi) is 5.59. The molecule has 0 aliphatic carbocycles. The van der Waals surface area contributed by atoms with E-state index in [9.17, 15) is 14.7 Å². The molecule has 116 valence electrons. The minimum absolute atomic E-state index is 0.00598. The van der Waals surface area contributed by atoms with E-state index in [0.29, 0.717) is 12.4 Å². The number of phenolic OH excluding ortho intramolecular Hbond substituents is 1. The van der Waals surface area contributed by atoms with Crippen LogP contribution in [0, 0.1) is 3.57 Å². The predicted molar refractivity (Wildman–Crippen MR) is 89.8 cm³/mol. The Bertz CT molecular complexity index is 711. The monoisotopic (exact) mass is 414 g/mol. The normalized spacial score (nSPS) is 10.5. The first-order valence-electron chi connectivity index (χ1n) is 6.78. The average molecular weight is 414 g/mol. The zero-order chi connectivity index (χ0) is 16.1. The van der Waals surface area contributed by atoms with Crippen molar-refractivity contribution in [2.75, 3.05) is 6.61 Å². The molecule has 0 fully saturated rings. The van der Waals surface area contributed by atoms with E-state index in [1.54, 1.807) is 37.3 Å². The maximum atomic E-state index is 11.7. The fraction of sp³-hybridized carbons (Fsp3) is 0.250. The van der Waals surface area contributed by atoms with Crippen molar-refractivity contribution < 1.29 is 24.2 Å². The van der Waals surface area contributed by atoms with Gasteiger partial charge in [0.15, 0.2) is 0 Å². The number of fused-ring (bicyclic) bond motifs is 1. The van der Waals surface area contributed by atoms with Gasteiger partial charge in [0.2, 0.25) is 0 Å². The van der Waals surface area contributed by atoms with Crippen molar-refractivity contribution in [2.24, 2.45) is 0 Å². The molecule has 0 aliphatic heterocycles. The van der Waals surface area contributed by atoms with E-state index in [4.69, 9.17) is 9.47 Å². The van der Waals surface area contributed by atoms with Crippen molar-refractivity contribution in [1.82, 2.24) is 0 Å². The molecule has 0 saturated carbocycles. The first kappa shape index (κ1) is 16.5. The Balaban J connectivity index is 2.03. The van der Waals surface area contributed by atoms with Crippen LogP contribution >= 0.6 is 22.6 Å². The minimum atomic E-state index is -0.485. The van der Waals surface area contributed by atoms with Crippen molar-refractivity contribution in [3.05, 3.63) is 33.9 Å². The number of aromatic hydroxyl groups is 1. The van der Waals surface area contributed by atoms with Gasteiger partial charge in [0.25, 0.3) is 0 Å². The number of halogens is 1. The van der Waals surface area contributed by atoms with Crippen molar-refractivity contribution in [1.29, 1.82) is 0 Å². The second-order valence-electron chi connectivity index (χ2n) is 4.59. The van der Waals surface area contributed by atoms with Gasteiger partial charge in [-0.25, -0.2) is 0 Å². The Morgan fingerprint density at radius 1 is 1.09 bits per heavy atom. The van der Waals surface area contributed by atoms with Gasteiger partial charge in [0.1, 0.15) is 11.5 Å². The van der Waals surface area contributed by atoms with Gasteiger partial charge >= 0.3 is 11.9 Å². The largest absolute Gasteiger partial charge is 0.507 e. The van der Waals surface area contributed by atoms with Crippen LogP contribution in [0.25, 0.3) is 10.8 Å². The van der Waals surface area contributed by atoms with Crippen LogP contribution in [0.2, 0.25) is 0 Å². The van der Waals surface area contributed by atoms with Gasteiger partial charge in [-0.1, -0.05) is 6.07 Å². The molecule has 22 heavy (non-hydrogen) atoms. The van der Waals surface area contributed by atoms with Crippen LogP contribution in [0.3, 0.4) is 0 Å². The molecule has 0 saturated heterocycles. The van der Waals surface area contributed by atoms with E-state index in [1.807, 2.05) is 22.6 Å². The van der Waals surface area contributed by atoms with Crippen molar-refractivity contribution in [2.45, 2.75) is 19.8 Å². The molecule has 2 aromatic carbocycles. The fourth-order valence-corrected chi connectivity index (χ4v) is 2.41. The lowest BCUT2D eigenvalue weighted by Crippen LogP contribution is -2.12. The molecule has 0 aromatic heterocycles. The summed E-state index contributed by atoms with van der Waals surface area (Å²) >= 11 is 2.03. The van der Waals surface area contributed by atoms with Gasteiger partial charge < -0.3 is 14.6 Å². The predicted octanol–water partition coefficient (Wildman–Crippen LogP) is 3.40. The quantitative estimate of drug-likeness (QED) is 0.462. The van der Waals surface area contributed by atoms with E-state index in [2.05, 4.69) is 0 Å². The molecule has 0 radical (unpaired) electrons. The molecule has 0 amide bonds. The van der Waals surface area contributed by atoms with Gasteiger partial charge in [-0.05, 0) is 64.6 Å². The maximum absolute atomic E-state index is 11.7. The fourth-order valence-electron chi connectivity index (χ4n) is 1.92. The Hall–Kier alpha value is -1.83. The number of carbonyl (C=O) groups is 2. The first-order chi connectivity index (χ1) is 10.5. The van der Waals surface area contributed by atoms with Gasteiger partial charge in [-0.15, -0.1) is 0 Å². The second kappa shape index (κ2) is 7.44. The summed E-state index contributed by atoms with van der Waals surface area (Å²) in [5.74, 6) is -0.279. The molecular formula is C16H15IO5. The maximum Gasteiger partial charge on any atom is 0.311 e. The summed E-state index contributed by atoms with van der Waals surface area (Å²) < 4.78 is 10.7. The molecule has 2 aromatic rings. The van der Waals surface area contributed by atoms with E-state index >= 15 is 0 Å². The van der Waals surface area contributed by atoms with Crippen LogP contribution < -0.4 is 4.74 Å². The van der Waals surface area contributed by atoms with Crippen molar-refractivity contribution >= 4 is 45.3 Å². The number of hydrogen-bond acceptors (Lipinski definition) is 5. The molecule has 2 rings (SSSR count). The third-order valence-electron chi connectivity index (χ3n) is 2.95. The highest BCUT2D eigenvalue weighted by atomic mass is 127. The zero-order valence-electron chi connectivity index (χ0n) is 12.0. The van der Waals surface area contributed by atoms with E-state index in [1.165, 1.54) is 0 Å². The summed E-state index contributed by atoms with van der Waals surface area (Å²) in [6, 6.07) is 8.60. The summed E-state index contributed by atoms with van der Waals surface area (Å²) in [5, 5.41) is 11.4. The molecular weight excluding hydrogens is 399 g/mol. The minimum Gasteiger partial charge on any atom is -0.507 e. The Labute approximate surface area is 141 Å². The number of phenols is 1. The summed E-state index contributed by atoms with van der Waals surface area (Å²) in [5.41, 5.74) is 0. The summed E-state index contributed by atoms with van der Waals surface area (Å²) in [6.45, 7) is 2.01. The lowest BCUT2D eigenvalue weighted by atomic mass is 10.1. The smallest absolute Gasteiger partial charge is 0.311 e. The van der Waals surface area contributed by atoms with Crippen LogP contribution in [0.15, 0.2) is 30.3 Å². The number of ether oxygens (including phenoxy) is 2. The molecule has 0 unspecified atom stereocenters. The molecule has 0 aliphatic rings. The average Bonchev–Trinajstić information content (AvgIpc) is 2.47. The standard InChI is InChI=1S/C16H15IO5/c1-2-21-15(19)5-6-16(20)22-12-4-3-10-9-14(18)13(17)8-11(10)7-12/h3-4,7-9,18H,2,5-6H2,1H3. The van der Waals surface area contributed by atoms with E-state index < -0.39 is 11.9 Å². The molecule has 6 heteroatoms. The SMILES string of the molecule is CCOC(=O)CCC(=O)Oc1ccc2cc(O)c(I)cc2c1. The van der Waals surface area contributed by atoms with Crippen LogP contribution in [-0.4, -0.2) is 23.7 Å². The molecule has 0 bridgehead atoms. The van der Waals surface area contributed by atoms with Gasteiger partial charge in [0, 0.05) is 0 Å². The number of esters is 2. The zero-order valence-corrected chi connectivity index (χ0v) is 14.1. The molecule has 0 spiro atoms. The van der Waals surface area contributed by atoms with Crippen LogP contribution in [0.1, 0.15) is 19.8 Å². The molecule has 0 heterocycles. The van der Waals surface area contributed by atoms with E-state index in [0.717, 1.165) is 14.3 Å². The highest BCUT2D eigenvalue weighted by Gasteiger charge is 2.10. The highest BCUT2D eigenvalue weighted by molar-refractivity contribution is 14.1. The van der Waals surface area contributed by atoms with E-state index in [-0.39, 0.29) is 18.6 Å². The molecule has 0 atom stereocenters. The van der Waals surface area contributed by atoms with Crippen LogP contribution in [0.4, 0.5) is 0 Å². The third kappa shape index (κ3) is 4.33. The highest BCUT2D eigenvalue weighted by Crippen LogP contribution is 2.28. The van der Waals surface area contributed by atoms with Crippen LogP contribution in [0.5, 0.6) is 11.5 Å². The topological polar surface area (TPSA) is 72.8 Å². The van der Waals surface area contributed by atoms with Crippen LogP contribution in [-0.2, 0) is 14.3 Å². The van der Waals surface area contributed by atoms with Gasteiger partial charge in [0.05, 0.1) is 23.0 Å². The number of benzene rings is 2. The first-order valence-corrected chi connectivity index (χ1v) is 7.86. The third-order valence-corrected chi connectivity index (χ3v) is 3.81.